The SMILES string of the molecule is Cc1nc(-c2ccccc2)oc1C(=O)NC[C@@H]1C[C@H](C)O[C@@H]1C. The average molecular weight is 314 g/mol. The minimum Gasteiger partial charge on any atom is -0.431 e. The van der Waals surface area contributed by atoms with Gasteiger partial charge < -0.3 is 14.5 Å². The molecule has 1 saturated heterocycles. The first-order valence-electron chi connectivity index (χ1n) is 8.01. The van der Waals surface area contributed by atoms with Crippen molar-refractivity contribution in [1.82, 2.24) is 10.3 Å². The van der Waals surface area contributed by atoms with Crippen LogP contribution in [0.4, 0.5) is 0 Å². The van der Waals surface area contributed by atoms with Crippen LogP contribution in [0.1, 0.15) is 36.5 Å². The fourth-order valence-corrected chi connectivity index (χ4v) is 3.02. The fraction of sp³-hybridized carbons (Fsp3) is 0.444. The Kier molecular flexibility index (Phi) is 4.48. The maximum absolute atomic E-state index is 12.4. The third kappa shape index (κ3) is 3.45. The van der Waals surface area contributed by atoms with Crippen molar-refractivity contribution in [3.63, 3.8) is 0 Å². The smallest absolute Gasteiger partial charge is 0.289 e. The van der Waals surface area contributed by atoms with Gasteiger partial charge in [0.2, 0.25) is 11.7 Å². The molecule has 1 N–H and O–H groups in total. The highest BCUT2D eigenvalue weighted by molar-refractivity contribution is 5.92. The summed E-state index contributed by atoms with van der Waals surface area (Å²) in [6.07, 6.45) is 1.39. The van der Waals surface area contributed by atoms with Crippen molar-refractivity contribution < 1.29 is 13.9 Å². The quantitative estimate of drug-likeness (QED) is 0.941. The van der Waals surface area contributed by atoms with E-state index in [4.69, 9.17) is 9.15 Å². The maximum Gasteiger partial charge on any atom is 0.289 e. The molecule has 1 aromatic heterocycles. The van der Waals surface area contributed by atoms with Gasteiger partial charge in [0.15, 0.2) is 0 Å². The first-order chi connectivity index (χ1) is 11.0. The van der Waals surface area contributed by atoms with E-state index in [0.717, 1.165) is 12.0 Å². The van der Waals surface area contributed by atoms with Crippen molar-refractivity contribution >= 4 is 5.91 Å². The summed E-state index contributed by atoms with van der Waals surface area (Å²) < 4.78 is 11.4. The highest BCUT2D eigenvalue weighted by Gasteiger charge is 2.30. The van der Waals surface area contributed by atoms with Crippen LogP contribution in [0.2, 0.25) is 0 Å². The van der Waals surface area contributed by atoms with Gasteiger partial charge >= 0.3 is 0 Å². The molecule has 23 heavy (non-hydrogen) atoms. The van der Waals surface area contributed by atoms with Crippen molar-refractivity contribution in [3.05, 3.63) is 41.8 Å². The summed E-state index contributed by atoms with van der Waals surface area (Å²) in [5.41, 5.74) is 1.46. The van der Waals surface area contributed by atoms with Gasteiger partial charge in [0.05, 0.1) is 17.9 Å². The first kappa shape index (κ1) is 15.7. The molecule has 122 valence electrons. The van der Waals surface area contributed by atoms with Crippen LogP contribution in [-0.4, -0.2) is 29.6 Å². The van der Waals surface area contributed by atoms with Crippen LogP contribution in [0.3, 0.4) is 0 Å². The van der Waals surface area contributed by atoms with Gasteiger partial charge in [-0.25, -0.2) is 4.98 Å². The van der Waals surface area contributed by atoms with Gasteiger partial charge in [-0.05, 0) is 39.3 Å². The van der Waals surface area contributed by atoms with Crippen LogP contribution < -0.4 is 5.32 Å². The number of ether oxygens (including phenoxy) is 1. The van der Waals surface area contributed by atoms with E-state index < -0.39 is 0 Å². The lowest BCUT2D eigenvalue weighted by atomic mass is 10.0. The number of aryl methyl sites for hydroxylation is 1. The van der Waals surface area contributed by atoms with Crippen LogP contribution in [0.25, 0.3) is 11.5 Å². The molecule has 5 heteroatoms. The van der Waals surface area contributed by atoms with Crippen molar-refractivity contribution in [2.45, 2.75) is 39.4 Å². The van der Waals surface area contributed by atoms with Crippen molar-refractivity contribution in [3.8, 4) is 11.5 Å². The van der Waals surface area contributed by atoms with E-state index in [9.17, 15) is 4.79 Å². The van der Waals surface area contributed by atoms with E-state index in [0.29, 0.717) is 24.0 Å². The molecule has 2 aromatic rings. The summed E-state index contributed by atoms with van der Waals surface area (Å²) in [4.78, 5) is 16.7. The number of nitrogens with zero attached hydrogens (tertiary/aromatic N) is 1. The number of amides is 1. The normalized spacial score (nSPS) is 23.9. The van der Waals surface area contributed by atoms with Crippen molar-refractivity contribution in [2.24, 2.45) is 5.92 Å². The van der Waals surface area contributed by atoms with E-state index in [1.807, 2.05) is 37.3 Å². The summed E-state index contributed by atoms with van der Waals surface area (Å²) in [5, 5.41) is 2.94. The minimum absolute atomic E-state index is 0.168. The predicted octanol–water partition coefficient (Wildman–Crippen LogP) is 3.19. The molecule has 0 aliphatic carbocycles. The van der Waals surface area contributed by atoms with Crippen LogP contribution in [-0.2, 0) is 4.74 Å². The molecule has 3 rings (SSSR count). The van der Waals surface area contributed by atoms with Gasteiger partial charge in [-0.1, -0.05) is 18.2 Å². The van der Waals surface area contributed by atoms with Crippen molar-refractivity contribution in [1.29, 1.82) is 0 Å². The molecule has 0 unspecified atom stereocenters. The number of aromatic nitrogens is 1. The van der Waals surface area contributed by atoms with Gasteiger partial charge in [-0.15, -0.1) is 0 Å². The average Bonchev–Trinajstić information content (AvgIpc) is 3.08. The molecule has 1 aliphatic heterocycles. The lowest BCUT2D eigenvalue weighted by molar-refractivity contribution is 0.0556. The summed E-state index contributed by atoms with van der Waals surface area (Å²) in [6.45, 7) is 6.48. The number of carbonyl (C=O) groups is 1. The van der Waals surface area contributed by atoms with Crippen LogP contribution >= 0.6 is 0 Å². The first-order valence-corrected chi connectivity index (χ1v) is 8.01. The van der Waals surface area contributed by atoms with Gasteiger partial charge in [0.1, 0.15) is 0 Å². The molecular weight excluding hydrogens is 292 g/mol. The Bertz CT molecular complexity index is 681. The zero-order valence-corrected chi connectivity index (χ0v) is 13.7. The van der Waals surface area contributed by atoms with Gasteiger partial charge in [0.25, 0.3) is 5.91 Å². The molecule has 0 saturated carbocycles. The van der Waals surface area contributed by atoms with Crippen LogP contribution in [0, 0.1) is 12.8 Å². The molecule has 0 bridgehead atoms. The number of rotatable bonds is 4. The second-order valence-electron chi connectivity index (χ2n) is 6.16. The third-order valence-electron chi connectivity index (χ3n) is 4.29. The largest absolute Gasteiger partial charge is 0.431 e. The Morgan fingerprint density at radius 3 is 2.70 bits per heavy atom. The van der Waals surface area contributed by atoms with E-state index in [-0.39, 0.29) is 23.9 Å². The van der Waals surface area contributed by atoms with E-state index in [1.165, 1.54) is 0 Å². The molecule has 1 aromatic carbocycles. The minimum atomic E-state index is -0.219. The van der Waals surface area contributed by atoms with E-state index >= 15 is 0 Å². The molecule has 0 spiro atoms. The molecule has 1 fully saturated rings. The Balaban J connectivity index is 1.67. The Labute approximate surface area is 136 Å². The maximum atomic E-state index is 12.4. The summed E-state index contributed by atoms with van der Waals surface area (Å²) in [7, 11) is 0. The lowest BCUT2D eigenvalue weighted by Gasteiger charge is -2.13. The number of carbonyl (C=O) groups excluding carboxylic acids is 1. The predicted molar refractivity (Wildman–Crippen MR) is 87.1 cm³/mol. The summed E-state index contributed by atoms with van der Waals surface area (Å²) >= 11 is 0. The molecule has 3 atom stereocenters. The fourth-order valence-electron chi connectivity index (χ4n) is 3.02. The molecule has 2 heterocycles. The summed E-state index contributed by atoms with van der Waals surface area (Å²) in [6, 6.07) is 9.57. The Morgan fingerprint density at radius 2 is 2.04 bits per heavy atom. The molecular formula is C18H22N2O3. The Morgan fingerprint density at radius 1 is 1.30 bits per heavy atom. The van der Waals surface area contributed by atoms with Crippen molar-refractivity contribution in [2.75, 3.05) is 6.54 Å². The van der Waals surface area contributed by atoms with Crippen LogP contribution in [0.5, 0.6) is 0 Å². The summed E-state index contributed by atoms with van der Waals surface area (Å²) in [5.74, 6) is 0.873. The number of hydrogen-bond donors (Lipinski definition) is 1. The lowest BCUT2D eigenvalue weighted by Crippen LogP contribution is -2.32. The van der Waals surface area contributed by atoms with Gasteiger partial charge in [0, 0.05) is 18.0 Å². The zero-order chi connectivity index (χ0) is 16.4. The molecule has 5 nitrogen and oxygen atoms in total. The zero-order valence-electron chi connectivity index (χ0n) is 13.7. The highest BCUT2D eigenvalue weighted by atomic mass is 16.5. The molecule has 1 aliphatic rings. The standard InChI is InChI=1S/C18H22N2O3/c1-11-9-15(13(3)22-11)10-19-17(21)16-12(2)20-18(23-16)14-7-5-4-6-8-14/h4-8,11,13,15H,9-10H2,1-3H3,(H,19,21)/t11-,13+,15-/m0/s1. The second-order valence-corrected chi connectivity index (χ2v) is 6.16. The number of hydrogen-bond acceptors (Lipinski definition) is 4. The number of benzene rings is 1. The molecule has 0 radical (unpaired) electrons. The monoisotopic (exact) mass is 314 g/mol. The third-order valence-corrected chi connectivity index (χ3v) is 4.29. The Hall–Kier alpha value is -2.14. The highest BCUT2D eigenvalue weighted by Crippen LogP contribution is 2.26. The van der Waals surface area contributed by atoms with E-state index in [2.05, 4.69) is 17.2 Å². The van der Waals surface area contributed by atoms with Gasteiger partial charge in [-0.3, -0.25) is 4.79 Å². The van der Waals surface area contributed by atoms with Gasteiger partial charge in [-0.2, -0.15) is 0 Å². The van der Waals surface area contributed by atoms with E-state index in [1.54, 1.807) is 6.92 Å². The number of oxazole rings is 1. The number of nitrogens with one attached hydrogen (secondary N) is 1. The second kappa shape index (κ2) is 6.54. The topological polar surface area (TPSA) is 64.4 Å². The van der Waals surface area contributed by atoms with Crippen LogP contribution in [0.15, 0.2) is 34.7 Å². The molecule has 1 amide bonds.